The molecule has 0 aliphatic carbocycles. The molecule has 2 nitrogen and oxygen atoms in total. The third kappa shape index (κ3) is 3.14. The maximum absolute atomic E-state index is 12.6. The number of aryl methyl sites for hydroxylation is 1. The van der Waals surface area contributed by atoms with Gasteiger partial charge in [-0.15, -0.1) is 12.6 Å². The van der Waals surface area contributed by atoms with Crippen LogP contribution in [-0.2, 0) is 0 Å². The number of nitrogens with zero attached hydrogens (tertiary/aromatic N) is 1. The molecule has 1 aliphatic rings. The Labute approximate surface area is 121 Å². The van der Waals surface area contributed by atoms with Gasteiger partial charge in [0.05, 0.1) is 0 Å². The number of likely N-dealkylation sites (tertiary alicyclic amines) is 1. The number of benzene rings is 1. The lowest BCUT2D eigenvalue weighted by atomic mass is 9.78. The van der Waals surface area contributed by atoms with Gasteiger partial charge >= 0.3 is 0 Å². The van der Waals surface area contributed by atoms with Gasteiger partial charge in [0.25, 0.3) is 5.91 Å². The van der Waals surface area contributed by atoms with Crippen LogP contribution >= 0.6 is 12.6 Å². The number of amides is 1. The van der Waals surface area contributed by atoms with Crippen LogP contribution in [-0.4, -0.2) is 23.9 Å². The zero-order valence-electron chi connectivity index (χ0n) is 12.1. The SMILES string of the molecule is CCC1(C)CCN(C(=O)c2cc(S)ccc2C)CC1. The maximum atomic E-state index is 12.6. The molecule has 19 heavy (non-hydrogen) atoms. The second kappa shape index (κ2) is 5.58. The molecule has 1 saturated heterocycles. The topological polar surface area (TPSA) is 20.3 Å². The Morgan fingerprint density at radius 3 is 2.58 bits per heavy atom. The summed E-state index contributed by atoms with van der Waals surface area (Å²) in [4.78, 5) is 15.4. The number of hydrogen-bond donors (Lipinski definition) is 1. The van der Waals surface area contributed by atoms with Crippen LogP contribution in [0.4, 0.5) is 0 Å². The zero-order valence-corrected chi connectivity index (χ0v) is 13.0. The van der Waals surface area contributed by atoms with Crippen molar-refractivity contribution in [1.29, 1.82) is 0 Å². The minimum absolute atomic E-state index is 0.159. The van der Waals surface area contributed by atoms with E-state index in [9.17, 15) is 4.79 Å². The van der Waals surface area contributed by atoms with E-state index >= 15 is 0 Å². The van der Waals surface area contributed by atoms with Crippen LogP contribution in [0.25, 0.3) is 0 Å². The van der Waals surface area contributed by atoms with Gasteiger partial charge in [0.2, 0.25) is 0 Å². The molecule has 0 N–H and O–H groups in total. The summed E-state index contributed by atoms with van der Waals surface area (Å²) in [6.45, 7) is 8.31. The summed E-state index contributed by atoms with van der Waals surface area (Å²) < 4.78 is 0. The second-order valence-corrected chi connectivity index (χ2v) is 6.47. The third-order valence-corrected chi connectivity index (χ3v) is 4.84. The molecular formula is C16H23NOS. The van der Waals surface area contributed by atoms with Crippen molar-refractivity contribution < 1.29 is 4.79 Å². The molecule has 0 radical (unpaired) electrons. The zero-order chi connectivity index (χ0) is 14.0. The molecule has 0 unspecified atom stereocenters. The molecule has 1 aromatic rings. The van der Waals surface area contributed by atoms with Gasteiger partial charge in [0, 0.05) is 23.5 Å². The van der Waals surface area contributed by atoms with Crippen LogP contribution in [0.1, 0.15) is 49.0 Å². The van der Waals surface area contributed by atoms with Crippen molar-refractivity contribution >= 4 is 18.5 Å². The number of thiol groups is 1. The molecule has 104 valence electrons. The summed E-state index contributed by atoms with van der Waals surface area (Å²) in [6, 6.07) is 5.78. The first-order chi connectivity index (χ1) is 8.95. The van der Waals surface area contributed by atoms with Gasteiger partial charge in [-0.1, -0.05) is 26.3 Å². The molecule has 0 saturated carbocycles. The smallest absolute Gasteiger partial charge is 0.254 e. The standard InChI is InChI=1S/C16H23NOS/c1-4-16(3)7-9-17(10-8-16)15(18)14-11-13(19)6-5-12(14)2/h5-6,11,19H,4,7-10H2,1-3H3. The monoisotopic (exact) mass is 277 g/mol. The van der Waals surface area contributed by atoms with Gasteiger partial charge in [-0.3, -0.25) is 4.79 Å². The summed E-state index contributed by atoms with van der Waals surface area (Å²) >= 11 is 4.33. The minimum atomic E-state index is 0.159. The van der Waals surface area contributed by atoms with Crippen LogP contribution in [0.2, 0.25) is 0 Å². The Hall–Kier alpha value is -0.960. The predicted octanol–water partition coefficient (Wildman–Crippen LogP) is 3.94. The van der Waals surface area contributed by atoms with Gasteiger partial charge in [-0.2, -0.15) is 0 Å². The first-order valence-corrected chi connectivity index (χ1v) is 7.49. The van der Waals surface area contributed by atoms with Crippen LogP contribution in [0.15, 0.2) is 23.1 Å². The number of rotatable bonds is 2. The Balaban J connectivity index is 2.11. The molecule has 0 bridgehead atoms. The highest BCUT2D eigenvalue weighted by atomic mass is 32.1. The third-order valence-electron chi connectivity index (χ3n) is 4.56. The Kier molecular flexibility index (Phi) is 4.24. The molecule has 1 aliphatic heterocycles. The fourth-order valence-electron chi connectivity index (χ4n) is 2.61. The summed E-state index contributed by atoms with van der Waals surface area (Å²) in [5, 5.41) is 0. The van der Waals surface area contributed by atoms with Crippen molar-refractivity contribution in [2.45, 2.75) is 44.9 Å². The highest BCUT2D eigenvalue weighted by molar-refractivity contribution is 7.80. The van der Waals surface area contributed by atoms with Crippen LogP contribution in [0, 0.1) is 12.3 Å². The second-order valence-electron chi connectivity index (χ2n) is 5.96. The molecule has 0 spiro atoms. The molecule has 1 fully saturated rings. The predicted molar refractivity (Wildman–Crippen MR) is 82.0 cm³/mol. The summed E-state index contributed by atoms with van der Waals surface area (Å²) in [6.07, 6.45) is 3.41. The lowest BCUT2D eigenvalue weighted by molar-refractivity contribution is 0.0599. The molecule has 2 rings (SSSR count). The van der Waals surface area contributed by atoms with Gasteiger partial charge in [-0.25, -0.2) is 0 Å². The van der Waals surface area contributed by atoms with Crippen molar-refractivity contribution in [3.8, 4) is 0 Å². The van der Waals surface area contributed by atoms with E-state index in [2.05, 4.69) is 26.5 Å². The van der Waals surface area contributed by atoms with Gasteiger partial charge in [0.15, 0.2) is 0 Å². The van der Waals surface area contributed by atoms with Crippen molar-refractivity contribution in [2.24, 2.45) is 5.41 Å². The Morgan fingerprint density at radius 1 is 1.37 bits per heavy atom. The number of carbonyl (C=O) groups excluding carboxylic acids is 1. The van der Waals surface area contributed by atoms with E-state index in [1.165, 1.54) is 6.42 Å². The molecule has 1 aromatic carbocycles. The highest BCUT2D eigenvalue weighted by Crippen LogP contribution is 2.34. The van der Waals surface area contributed by atoms with Crippen molar-refractivity contribution in [3.05, 3.63) is 29.3 Å². The average Bonchev–Trinajstić information content (AvgIpc) is 2.42. The van der Waals surface area contributed by atoms with Crippen molar-refractivity contribution in [3.63, 3.8) is 0 Å². The van der Waals surface area contributed by atoms with E-state index in [4.69, 9.17) is 0 Å². The molecule has 1 heterocycles. The normalized spacial score (nSPS) is 18.4. The lowest BCUT2D eigenvalue weighted by Crippen LogP contribution is -2.42. The van der Waals surface area contributed by atoms with Crippen molar-refractivity contribution in [2.75, 3.05) is 13.1 Å². The number of piperidine rings is 1. The fourth-order valence-corrected chi connectivity index (χ4v) is 2.82. The van der Waals surface area contributed by atoms with E-state index in [0.717, 1.165) is 42.0 Å². The van der Waals surface area contributed by atoms with E-state index < -0.39 is 0 Å². The summed E-state index contributed by atoms with van der Waals surface area (Å²) in [5.74, 6) is 0.159. The highest BCUT2D eigenvalue weighted by Gasteiger charge is 2.30. The maximum Gasteiger partial charge on any atom is 0.254 e. The molecule has 0 atom stereocenters. The van der Waals surface area contributed by atoms with Crippen LogP contribution in [0.3, 0.4) is 0 Å². The Morgan fingerprint density at radius 2 is 2.00 bits per heavy atom. The largest absolute Gasteiger partial charge is 0.339 e. The van der Waals surface area contributed by atoms with E-state index in [1.54, 1.807) is 0 Å². The molecular weight excluding hydrogens is 254 g/mol. The molecule has 3 heteroatoms. The first-order valence-electron chi connectivity index (χ1n) is 7.04. The van der Waals surface area contributed by atoms with E-state index in [0.29, 0.717) is 5.41 Å². The average molecular weight is 277 g/mol. The minimum Gasteiger partial charge on any atom is -0.339 e. The molecule has 0 aromatic heterocycles. The Bertz CT molecular complexity index is 476. The first kappa shape index (κ1) is 14.4. The van der Waals surface area contributed by atoms with Crippen molar-refractivity contribution in [1.82, 2.24) is 4.90 Å². The van der Waals surface area contributed by atoms with Crippen LogP contribution in [0.5, 0.6) is 0 Å². The summed E-state index contributed by atoms with van der Waals surface area (Å²) in [7, 11) is 0. The fraction of sp³-hybridized carbons (Fsp3) is 0.562. The van der Waals surface area contributed by atoms with E-state index in [-0.39, 0.29) is 5.91 Å². The number of carbonyl (C=O) groups is 1. The van der Waals surface area contributed by atoms with Gasteiger partial charge in [-0.05, 0) is 42.9 Å². The van der Waals surface area contributed by atoms with Crippen LogP contribution < -0.4 is 0 Å². The molecule has 1 amide bonds. The summed E-state index contributed by atoms with van der Waals surface area (Å²) in [5.41, 5.74) is 2.25. The van der Waals surface area contributed by atoms with Gasteiger partial charge < -0.3 is 4.90 Å². The lowest BCUT2D eigenvalue weighted by Gasteiger charge is -2.39. The van der Waals surface area contributed by atoms with E-state index in [1.807, 2.05) is 30.0 Å². The quantitative estimate of drug-likeness (QED) is 0.812. The number of hydrogen-bond acceptors (Lipinski definition) is 2. The van der Waals surface area contributed by atoms with Gasteiger partial charge in [0.1, 0.15) is 0 Å².